The van der Waals surface area contributed by atoms with Crippen LogP contribution in [0.5, 0.6) is 5.75 Å². The van der Waals surface area contributed by atoms with Crippen molar-refractivity contribution in [1.29, 1.82) is 0 Å². The van der Waals surface area contributed by atoms with Crippen LogP contribution in [-0.4, -0.2) is 27.9 Å². The van der Waals surface area contributed by atoms with E-state index in [4.69, 9.17) is 0 Å². The smallest absolute Gasteiger partial charge is 0.335 e. The lowest BCUT2D eigenvalue weighted by Gasteiger charge is -2.26. The Hall–Kier alpha value is -3.05. The van der Waals surface area contributed by atoms with Gasteiger partial charge in [-0.15, -0.1) is 0 Å². The maximum atomic E-state index is 12.8. The molecule has 3 rings (SSSR count). The average Bonchev–Trinajstić information content (AvgIpc) is 2.62. The van der Waals surface area contributed by atoms with Crippen LogP contribution < -0.4 is 10.2 Å². The molecule has 142 valence electrons. The van der Waals surface area contributed by atoms with Crippen molar-refractivity contribution in [1.82, 2.24) is 5.32 Å². The third-order valence-electron chi connectivity index (χ3n) is 3.78. The number of hydrogen-bond acceptors (Lipinski definition) is 6. The number of phenolic OH excluding ortho intramolecular Hbond substituents is 1. The van der Waals surface area contributed by atoms with E-state index in [9.17, 15) is 29.6 Å². The van der Waals surface area contributed by atoms with Crippen molar-refractivity contribution in [2.45, 2.75) is 0 Å². The van der Waals surface area contributed by atoms with Crippen molar-refractivity contribution in [3.05, 3.63) is 66.6 Å². The van der Waals surface area contributed by atoms with Crippen LogP contribution in [0, 0.1) is 10.1 Å². The van der Waals surface area contributed by atoms with E-state index in [0.29, 0.717) is 13.8 Å². The first-order valence-corrected chi connectivity index (χ1v) is 9.11. The monoisotopic (exact) mass is 509 g/mol. The summed E-state index contributed by atoms with van der Waals surface area (Å²) in [6.45, 7) is 0. The molecule has 0 aliphatic carbocycles. The number of phenols is 1. The first kappa shape index (κ1) is 19.7. The van der Waals surface area contributed by atoms with Crippen LogP contribution in [0.25, 0.3) is 6.08 Å². The number of carbonyl (C=O) groups is 3. The number of benzene rings is 2. The molecule has 1 saturated heterocycles. The van der Waals surface area contributed by atoms with E-state index in [1.165, 1.54) is 18.2 Å². The number of nitro benzene ring substituents is 1. The maximum absolute atomic E-state index is 12.8. The number of carbonyl (C=O) groups excluding carboxylic acids is 3. The van der Waals surface area contributed by atoms with E-state index in [-0.39, 0.29) is 22.7 Å². The summed E-state index contributed by atoms with van der Waals surface area (Å²) in [7, 11) is 0. The zero-order chi connectivity index (χ0) is 20.6. The molecule has 4 amide bonds. The molecule has 0 saturated carbocycles. The first-order valence-electron chi connectivity index (χ1n) is 7.53. The fourth-order valence-electron chi connectivity index (χ4n) is 2.47. The Balaban J connectivity index is 2.04. The minimum atomic E-state index is -0.986. The van der Waals surface area contributed by atoms with Crippen LogP contribution in [0.15, 0.2) is 50.9 Å². The molecular formula is C17H9Br2N3O6. The fraction of sp³-hybridized carbons (Fsp3) is 0. The lowest BCUT2D eigenvalue weighted by molar-refractivity contribution is -0.384. The van der Waals surface area contributed by atoms with Gasteiger partial charge in [-0.3, -0.25) is 25.0 Å². The van der Waals surface area contributed by atoms with Gasteiger partial charge < -0.3 is 5.11 Å². The van der Waals surface area contributed by atoms with Crippen molar-refractivity contribution < 1.29 is 24.4 Å². The molecule has 0 radical (unpaired) electrons. The van der Waals surface area contributed by atoms with Gasteiger partial charge in [0.15, 0.2) is 0 Å². The van der Waals surface area contributed by atoms with Crippen LogP contribution in [0.3, 0.4) is 0 Å². The predicted molar refractivity (Wildman–Crippen MR) is 106 cm³/mol. The maximum Gasteiger partial charge on any atom is 0.335 e. The molecule has 1 aliphatic heterocycles. The molecule has 0 aromatic heterocycles. The van der Waals surface area contributed by atoms with Crippen LogP contribution in [-0.2, 0) is 9.59 Å². The minimum Gasteiger partial charge on any atom is -0.506 e. The molecule has 1 fully saturated rings. The molecular weight excluding hydrogens is 502 g/mol. The second kappa shape index (κ2) is 7.52. The number of amides is 4. The van der Waals surface area contributed by atoms with Gasteiger partial charge in [0.05, 0.1) is 15.1 Å². The highest BCUT2D eigenvalue weighted by molar-refractivity contribution is 9.11. The number of aromatic hydroxyl groups is 1. The largest absolute Gasteiger partial charge is 0.506 e. The van der Waals surface area contributed by atoms with E-state index in [1.54, 1.807) is 6.07 Å². The number of imide groups is 2. The summed E-state index contributed by atoms with van der Waals surface area (Å²) >= 11 is 6.40. The Bertz CT molecular complexity index is 1070. The summed E-state index contributed by atoms with van der Waals surface area (Å²) in [5.41, 5.74) is -0.397. The summed E-state index contributed by atoms with van der Waals surface area (Å²) in [5, 5.41) is 22.9. The number of nitrogens with zero attached hydrogens (tertiary/aromatic N) is 2. The van der Waals surface area contributed by atoms with Gasteiger partial charge in [0.2, 0.25) is 0 Å². The van der Waals surface area contributed by atoms with E-state index in [0.717, 1.165) is 18.2 Å². The number of hydrogen-bond donors (Lipinski definition) is 2. The number of halogens is 2. The lowest BCUT2D eigenvalue weighted by atomic mass is 10.1. The quantitative estimate of drug-likeness (QED) is 0.281. The van der Waals surface area contributed by atoms with Gasteiger partial charge in [-0.2, -0.15) is 0 Å². The average molecular weight is 511 g/mol. The van der Waals surface area contributed by atoms with Crippen molar-refractivity contribution in [3.63, 3.8) is 0 Å². The molecule has 1 aliphatic rings. The van der Waals surface area contributed by atoms with E-state index in [1.807, 2.05) is 5.32 Å². The molecule has 0 atom stereocenters. The highest BCUT2D eigenvalue weighted by Gasteiger charge is 2.37. The normalized spacial score (nSPS) is 15.7. The second-order valence-corrected chi connectivity index (χ2v) is 7.33. The number of nitrogens with one attached hydrogen (secondary N) is 1. The van der Waals surface area contributed by atoms with Gasteiger partial charge in [0.25, 0.3) is 17.5 Å². The van der Waals surface area contributed by atoms with Crippen molar-refractivity contribution >= 4 is 67.2 Å². The van der Waals surface area contributed by atoms with E-state index >= 15 is 0 Å². The number of anilines is 1. The predicted octanol–water partition coefficient (Wildman–Crippen LogP) is 3.49. The Morgan fingerprint density at radius 3 is 2.36 bits per heavy atom. The topological polar surface area (TPSA) is 130 Å². The molecule has 11 heteroatoms. The van der Waals surface area contributed by atoms with Crippen molar-refractivity contribution in [2.75, 3.05) is 4.90 Å². The van der Waals surface area contributed by atoms with Gasteiger partial charge in [0.1, 0.15) is 11.3 Å². The Labute approximate surface area is 174 Å². The second-order valence-electron chi connectivity index (χ2n) is 5.56. The van der Waals surface area contributed by atoms with Gasteiger partial charge >= 0.3 is 6.03 Å². The van der Waals surface area contributed by atoms with Crippen LogP contribution in [0.4, 0.5) is 16.2 Å². The molecule has 2 aromatic rings. The van der Waals surface area contributed by atoms with Gasteiger partial charge in [0, 0.05) is 22.2 Å². The SMILES string of the molecule is O=C1NC(=O)N(c2ccc([N+](=O)[O-])cc2)C(=O)/C1=C/c1cc(Br)cc(Br)c1O. The third kappa shape index (κ3) is 3.66. The highest BCUT2D eigenvalue weighted by atomic mass is 79.9. The van der Waals surface area contributed by atoms with Crippen molar-refractivity contribution in [3.8, 4) is 5.75 Å². The van der Waals surface area contributed by atoms with E-state index < -0.39 is 28.3 Å². The van der Waals surface area contributed by atoms with Gasteiger partial charge in [-0.05, 0) is 46.3 Å². The first-order chi connectivity index (χ1) is 13.2. The number of urea groups is 1. The van der Waals surface area contributed by atoms with Crippen LogP contribution in [0.1, 0.15) is 5.56 Å². The summed E-state index contributed by atoms with van der Waals surface area (Å²) < 4.78 is 0.914. The van der Waals surface area contributed by atoms with Gasteiger partial charge in [-0.25, -0.2) is 9.69 Å². The summed E-state index contributed by atoms with van der Waals surface area (Å²) in [4.78, 5) is 47.9. The Morgan fingerprint density at radius 1 is 1.11 bits per heavy atom. The Kier molecular flexibility index (Phi) is 5.29. The van der Waals surface area contributed by atoms with E-state index in [2.05, 4.69) is 31.9 Å². The molecule has 0 bridgehead atoms. The number of nitro groups is 1. The molecule has 28 heavy (non-hydrogen) atoms. The summed E-state index contributed by atoms with van der Waals surface area (Å²) in [6.07, 6.45) is 1.15. The molecule has 0 spiro atoms. The molecule has 1 heterocycles. The van der Waals surface area contributed by atoms with Crippen LogP contribution in [0.2, 0.25) is 0 Å². The number of non-ortho nitro benzene ring substituents is 1. The van der Waals surface area contributed by atoms with Gasteiger partial charge in [-0.1, -0.05) is 15.9 Å². The molecule has 2 N–H and O–H groups in total. The third-order valence-corrected chi connectivity index (χ3v) is 4.84. The van der Waals surface area contributed by atoms with Crippen LogP contribution >= 0.6 is 31.9 Å². The minimum absolute atomic E-state index is 0.0474. The zero-order valence-electron chi connectivity index (χ0n) is 13.7. The summed E-state index contributed by atoms with van der Waals surface area (Å²) in [6, 6.07) is 6.78. The number of barbiturate groups is 1. The zero-order valence-corrected chi connectivity index (χ0v) is 16.9. The lowest BCUT2D eigenvalue weighted by Crippen LogP contribution is -2.54. The molecule has 2 aromatic carbocycles. The Morgan fingerprint density at radius 2 is 1.75 bits per heavy atom. The highest BCUT2D eigenvalue weighted by Crippen LogP contribution is 2.34. The summed E-state index contributed by atoms with van der Waals surface area (Å²) in [5.74, 6) is -2.06. The van der Waals surface area contributed by atoms with Crippen molar-refractivity contribution in [2.24, 2.45) is 0 Å². The molecule has 9 nitrogen and oxygen atoms in total. The standard InChI is InChI=1S/C17H9Br2N3O6/c18-9-5-8(14(23)13(19)7-9)6-12-15(24)20-17(26)21(16(12)25)10-1-3-11(4-2-10)22(27)28/h1-7,23H,(H,20,24,26)/b12-6+. The molecule has 0 unspecified atom stereocenters. The fourth-order valence-corrected chi connectivity index (χ4v) is 3.73. The number of rotatable bonds is 3.